The number of amides is 2. The Morgan fingerprint density at radius 3 is 2.50 bits per heavy atom. The summed E-state index contributed by atoms with van der Waals surface area (Å²) in [4.78, 5) is 29.0. The molecule has 26 heavy (non-hydrogen) atoms. The predicted octanol–water partition coefficient (Wildman–Crippen LogP) is 4.05. The lowest BCUT2D eigenvalue weighted by atomic mass is 10.1. The summed E-state index contributed by atoms with van der Waals surface area (Å²) in [5, 5.41) is 7.77. The topological polar surface area (TPSA) is 80.3 Å². The molecule has 0 unspecified atom stereocenters. The summed E-state index contributed by atoms with van der Waals surface area (Å²) in [5.74, 6) is 0.0670. The molecule has 3 rings (SSSR count). The van der Waals surface area contributed by atoms with E-state index in [-0.39, 0.29) is 11.8 Å². The highest BCUT2D eigenvalue weighted by Crippen LogP contribution is 2.20. The first kappa shape index (κ1) is 17.6. The maximum absolute atomic E-state index is 12.5. The maximum Gasteiger partial charge on any atom is 0.259 e. The summed E-state index contributed by atoms with van der Waals surface area (Å²) in [5.41, 5.74) is 1.27. The Balaban J connectivity index is 1.75. The van der Waals surface area contributed by atoms with Crippen LogP contribution in [0.5, 0.6) is 5.75 Å². The van der Waals surface area contributed by atoms with Crippen LogP contribution in [-0.2, 0) is 0 Å². The van der Waals surface area contributed by atoms with Gasteiger partial charge in [-0.15, -0.1) is 11.3 Å². The molecule has 0 spiro atoms. The largest absolute Gasteiger partial charge is 0.494 e. The summed E-state index contributed by atoms with van der Waals surface area (Å²) in [6, 6.07) is 13.7. The first-order valence-electron chi connectivity index (χ1n) is 8.01. The fraction of sp³-hybridized carbons (Fsp3) is 0.105. The minimum absolute atomic E-state index is 0.303. The molecule has 6 nitrogen and oxygen atoms in total. The second-order valence-corrected chi connectivity index (χ2v) is 6.14. The standard InChI is InChI=1S/C19H17N3O3S/c1-2-25-14-9-7-13(8-10-14)17(23)21-16-6-4-3-5-15(16)18(24)22-19-20-11-12-26-19/h3-12H,2H2,1H3,(H,21,23)(H,20,22,24). The minimum Gasteiger partial charge on any atom is -0.494 e. The lowest BCUT2D eigenvalue weighted by molar-refractivity contribution is 0.102. The van der Waals surface area contributed by atoms with Crippen molar-refractivity contribution in [1.82, 2.24) is 4.98 Å². The Morgan fingerprint density at radius 1 is 1.04 bits per heavy atom. The second-order valence-electron chi connectivity index (χ2n) is 5.25. The molecule has 3 aromatic rings. The van der Waals surface area contributed by atoms with Gasteiger partial charge in [0, 0.05) is 17.1 Å². The molecule has 2 aromatic carbocycles. The molecule has 0 fully saturated rings. The Bertz CT molecular complexity index is 893. The molecule has 1 aromatic heterocycles. The summed E-state index contributed by atoms with van der Waals surface area (Å²) >= 11 is 1.33. The molecule has 1 heterocycles. The van der Waals surface area contributed by atoms with Crippen LogP contribution in [0.3, 0.4) is 0 Å². The highest BCUT2D eigenvalue weighted by atomic mass is 32.1. The van der Waals surface area contributed by atoms with E-state index in [4.69, 9.17) is 4.74 Å². The molecule has 0 saturated heterocycles. The molecule has 0 bridgehead atoms. The van der Waals surface area contributed by atoms with Crippen molar-refractivity contribution in [2.75, 3.05) is 17.2 Å². The van der Waals surface area contributed by atoms with Crippen LogP contribution < -0.4 is 15.4 Å². The van der Waals surface area contributed by atoms with Crippen LogP contribution >= 0.6 is 11.3 Å². The number of benzene rings is 2. The number of para-hydroxylation sites is 1. The lowest BCUT2D eigenvalue weighted by Crippen LogP contribution is -2.18. The fourth-order valence-corrected chi connectivity index (χ4v) is 2.83. The fourth-order valence-electron chi connectivity index (χ4n) is 2.30. The van der Waals surface area contributed by atoms with Gasteiger partial charge in [-0.25, -0.2) is 4.98 Å². The van der Waals surface area contributed by atoms with E-state index in [2.05, 4.69) is 15.6 Å². The Morgan fingerprint density at radius 2 is 1.81 bits per heavy atom. The van der Waals surface area contributed by atoms with E-state index in [1.54, 1.807) is 60.1 Å². The average molecular weight is 367 g/mol. The van der Waals surface area contributed by atoms with E-state index in [9.17, 15) is 9.59 Å². The third-order valence-electron chi connectivity index (χ3n) is 3.50. The van der Waals surface area contributed by atoms with Crippen molar-refractivity contribution in [3.05, 3.63) is 71.2 Å². The van der Waals surface area contributed by atoms with Gasteiger partial charge in [-0.1, -0.05) is 12.1 Å². The van der Waals surface area contributed by atoms with Crippen LogP contribution in [0.1, 0.15) is 27.6 Å². The van der Waals surface area contributed by atoms with Crippen molar-refractivity contribution in [1.29, 1.82) is 0 Å². The normalized spacial score (nSPS) is 10.2. The van der Waals surface area contributed by atoms with Crippen LogP contribution in [0.2, 0.25) is 0 Å². The minimum atomic E-state index is -0.331. The summed E-state index contributed by atoms with van der Waals surface area (Å²) in [6.45, 7) is 2.46. The summed E-state index contributed by atoms with van der Waals surface area (Å²) in [6.07, 6.45) is 1.61. The van der Waals surface area contributed by atoms with E-state index in [0.29, 0.717) is 34.3 Å². The zero-order valence-corrected chi connectivity index (χ0v) is 14.9. The van der Waals surface area contributed by atoms with Crippen LogP contribution in [0.4, 0.5) is 10.8 Å². The molecule has 0 aliphatic carbocycles. The number of carbonyl (C=O) groups excluding carboxylic acids is 2. The van der Waals surface area contributed by atoms with Gasteiger partial charge < -0.3 is 10.1 Å². The van der Waals surface area contributed by atoms with Gasteiger partial charge in [-0.2, -0.15) is 0 Å². The Labute approximate surface area is 154 Å². The van der Waals surface area contributed by atoms with Crippen molar-refractivity contribution < 1.29 is 14.3 Å². The van der Waals surface area contributed by atoms with Gasteiger partial charge in [0.25, 0.3) is 11.8 Å². The van der Waals surface area contributed by atoms with Crippen molar-refractivity contribution in [3.8, 4) is 5.75 Å². The molecule has 132 valence electrons. The molecule has 2 N–H and O–H groups in total. The van der Waals surface area contributed by atoms with Crippen molar-refractivity contribution in [2.45, 2.75) is 6.92 Å². The maximum atomic E-state index is 12.5. The molecule has 0 aliphatic rings. The van der Waals surface area contributed by atoms with Gasteiger partial charge in [0.2, 0.25) is 0 Å². The van der Waals surface area contributed by atoms with Crippen LogP contribution in [0.25, 0.3) is 0 Å². The SMILES string of the molecule is CCOc1ccc(C(=O)Nc2ccccc2C(=O)Nc2nccs2)cc1. The number of nitrogens with zero attached hydrogens (tertiary/aromatic N) is 1. The number of anilines is 2. The van der Waals surface area contributed by atoms with Gasteiger partial charge in [0.15, 0.2) is 5.13 Å². The smallest absolute Gasteiger partial charge is 0.259 e. The zero-order valence-electron chi connectivity index (χ0n) is 14.1. The molecular weight excluding hydrogens is 350 g/mol. The highest BCUT2D eigenvalue weighted by Gasteiger charge is 2.15. The first-order chi connectivity index (χ1) is 12.7. The first-order valence-corrected chi connectivity index (χ1v) is 8.89. The van der Waals surface area contributed by atoms with Crippen molar-refractivity contribution in [2.24, 2.45) is 0 Å². The highest BCUT2D eigenvalue weighted by molar-refractivity contribution is 7.13. The predicted molar refractivity (Wildman–Crippen MR) is 102 cm³/mol. The van der Waals surface area contributed by atoms with Crippen LogP contribution in [0, 0.1) is 0 Å². The Kier molecular flexibility index (Phi) is 5.60. The number of carbonyl (C=O) groups is 2. The number of nitrogens with one attached hydrogen (secondary N) is 2. The zero-order chi connectivity index (χ0) is 18.4. The van der Waals surface area contributed by atoms with Crippen molar-refractivity contribution in [3.63, 3.8) is 0 Å². The molecule has 0 aliphatic heterocycles. The van der Waals surface area contributed by atoms with Crippen LogP contribution in [-0.4, -0.2) is 23.4 Å². The average Bonchev–Trinajstić information content (AvgIpc) is 3.16. The molecular formula is C19H17N3O3S. The van der Waals surface area contributed by atoms with E-state index in [0.717, 1.165) is 0 Å². The quantitative estimate of drug-likeness (QED) is 0.689. The molecule has 0 saturated carbocycles. The van der Waals surface area contributed by atoms with Gasteiger partial charge in [0.1, 0.15) is 5.75 Å². The van der Waals surface area contributed by atoms with E-state index < -0.39 is 0 Å². The third kappa shape index (κ3) is 4.25. The molecule has 2 amide bonds. The second kappa shape index (κ2) is 8.26. The molecule has 0 atom stereocenters. The number of rotatable bonds is 6. The number of hydrogen-bond donors (Lipinski definition) is 2. The molecule has 7 heteroatoms. The number of hydrogen-bond acceptors (Lipinski definition) is 5. The Hall–Kier alpha value is -3.19. The lowest BCUT2D eigenvalue weighted by Gasteiger charge is -2.11. The van der Waals surface area contributed by atoms with E-state index in [1.165, 1.54) is 11.3 Å². The third-order valence-corrected chi connectivity index (χ3v) is 4.19. The van der Waals surface area contributed by atoms with E-state index in [1.807, 2.05) is 6.92 Å². The number of ether oxygens (including phenoxy) is 1. The van der Waals surface area contributed by atoms with Gasteiger partial charge in [-0.3, -0.25) is 14.9 Å². The van der Waals surface area contributed by atoms with Crippen molar-refractivity contribution >= 4 is 34.0 Å². The monoisotopic (exact) mass is 367 g/mol. The molecule has 0 radical (unpaired) electrons. The van der Waals surface area contributed by atoms with Gasteiger partial charge in [-0.05, 0) is 43.3 Å². The van der Waals surface area contributed by atoms with Crippen LogP contribution in [0.15, 0.2) is 60.1 Å². The summed E-state index contributed by atoms with van der Waals surface area (Å²) in [7, 11) is 0. The summed E-state index contributed by atoms with van der Waals surface area (Å²) < 4.78 is 5.37. The number of thiazole rings is 1. The van der Waals surface area contributed by atoms with Gasteiger partial charge in [0.05, 0.1) is 17.9 Å². The van der Waals surface area contributed by atoms with E-state index >= 15 is 0 Å². The number of aromatic nitrogens is 1. The van der Waals surface area contributed by atoms with Gasteiger partial charge >= 0.3 is 0 Å².